The molecule has 3 nitrogen and oxygen atoms in total. The zero-order valence-corrected chi connectivity index (χ0v) is 10.2. The Bertz CT molecular complexity index is 380. The average molecular weight is 244 g/mol. The molecular formula is C8H8N2OS3. The summed E-state index contributed by atoms with van der Waals surface area (Å²) in [6.07, 6.45) is 1.91. The number of hydrogen-bond acceptors (Lipinski definition) is 6. The van der Waals surface area contributed by atoms with Crippen molar-refractivity contribution in [2.45, 2.75) is 16.2 Å². The number of Topliss-reactive ketones (excluding diaryl/α,β-unsaturated/α-hetero) is 1. The summed E-state index contributed by atoms with van der Waals surface area (Å²) in [6.45, 7) is 1.53. The minimum Gasteiger partial charge on any atom is -0.299 e. The molecule has 1 rings (SSSR count). The van der Waals surface area contributed by atoms with Gasteiger partial charge in [-0.1, -0.05) is 11.8 Å². The smallest absolute Gasteiger partial charge is 0.140 e. The van der Waals surface area contributed by atoms with Crippen molar-refractivity contribution in [2.24, 2.45) is 0 Å². The van der Waals surface area contributed by atoms with Gasteiger partial charge in [0.2, 0.25) is 0 Å². The van der Waals surface area contributed by atoms with E-state index in [1.807, 2.05) is 6.26 Å². The SMILES string of the molecule is CSc1snc(SCC(C)=O)c1C#N. The molecule has 0 aromatic carbocycles. The van der Waals surface area contributed by atoms with Crippen molar-refractivity contribution < 1.29 is 4.79 Å². The highest BCUT2D eigenvalue weighted by atomic mass is 32.2. The molecule has 0 saturated carbocycles. The minimum atomic E-state index is 0.0950. The standard InChI is InChI=1S/C8H8N2OS3/c1-5(11)4-13-7-6(3-9)8(12-2)14-10-7/h4H2,1-2H3. The van der Waals surface area contributed by atoms with Crippen molar-refractivity contribution in [3.05, 3.63) is 5.56 Å². The maximum absolute atomic E-state index is 10.8. The monoisotopic (exact) mass is 244 g/mol. The van der Waals surface area contributed by atoms with Gasteiger partial charge in [0.25, 0.3) is 0 Å². The fourth-order valence-electron chi connectivity index (χ4n) is 0.763. The lowest BCUT2D eigenvalue weighted by Crippen LogP contribution is -1.93. The molecule has 0 aliphatic heterocycles. The van der Waals surface area contributed by atoms with E-state index in [1.54, 1.807) is 0 Å². The highest BCUT2D eigenvalue weighted by Gasteiger charge is 2.13. The fourth-order valence-corrected chi connectivity index (χ4v) is 3.09. The first-order chi connectivity index (χ1) is 6.69. The van der Waals surface area contributed by atoms with E-state index in [-0.39, 0.29) is 5.78 Å². The molecule has 6 heteroatoms. The summed E-state index contributed by atoms with van der Waals surface area (Å²) >= 11 is 4.15. The Morgan fingerprint density at radius 1 is 1.71 bits per heavy atom. The molecule has 0 spiro atoms. The van der Waals surface area contributed by atoms with Crippen LogP contribution in [0.25, 0.3) is 0 Å². The first-order valence-electron chi connectivity index (χ1n) is 3.75. The van der Waals surface area contributed by atoms with Crippen LogP contribution in [0.4, 0.5) is 0 Å². The molecule has 0 N–H and O–H groups in total. The maximum atomic E-state index is 10.8. The molecule has 1 aromatic rings. The van der Waals surface area contributed by atoms with Crippen LogP contribution in [0.1, 0.15) is 12.5 Å². The van der Waals surface area contributed by atoms with Gasteiger partial charge in [0.1, 0.15) is 22.4 Å². The van der Waals surface area contributed by atoms with Gasteiger partial charge in [-0.2, -0.15) is 9.64 Å². The van der Waals surface area contributed by atoms with Crippen molar-refractivity contribution in [3.8, 4) is 6.07 Å². The molecule has 14 heavy (non-hydrogen) atoms. The number of hydrogen-bond donors (Lipinski definition) is 0. The average Bonchev–Trinajstić information content (AvgIpc) is 2.56. The number of rotatable bonds is 4. The van der Waals surface area contributed by atoms with E-state index in [1.165, 1.54) is 42.0 Å². The van der Waals surface area contributed by atoms with Crippen molar-refractivity contribution in [3.63, 3.8) is 0 Å². The second kappa shape index (κ2) is 5.39. The van der Waals surface area contributed by atoms with Crippen LogP contribution in [0.2, 0.25) is 0 Å². The Hall–Kier alpha value is -0.510. The second-order valence-electron chi connectivity index (χ2n) is 2.46. The van der Waals surface area contributed by atoms with E-state index < -0.39 is 0 Å². The highest BCUT2D eigenvalue weighted by molar-refractivity contribution is 8.01. The Morgan fingerprint density at radius 3 is 2.93 bits per heavy atom. The van der Waals surface area contributed by atoms with Crippen molar-refractivity contribution in [1.29, 1.82) is 5.26 Å². The number of thioether (sulfide) groups is 2. The minimum absolute atomic E-state index is 0.0950. The number of aromatic nitrogens is 1. The molecule has 0 aliphatic carbocycles. The quantitative estimate of drug-likeness (QED) is 0.761. The second-order valence-corrected chi connectivity index (χ2v) is 5.27. The first-order valence-corrected chi connectivity index (χ1v) is 6.73. The molecule has 1 aromatic heterocycles. The predicted molar refractivity (Wildman–Crippen MR) is 60.0 cm³/mol. The summed E-state index contributed by atoms with van der Waals surface area (Å²) in [7, 11) is 0. The number of ketones is 1. The van der Waals surface area contributed by atoms with E-state index in [2.05, 4.69) is 10.4 Å². The van der Waals surface area contributed by atoms with Crippen LogP contribution in [0, 0.1) is 11.3 Å². The van der Waals surface area contributed by atoms with Gasteiger partial charge in [-0.25, -0.2) is 0 Å². The van der Waals surface area contributed by atoms with Crippen molar-refractivity contribution in [1.82, 2.24) is 4.37 Å². The number of nitriles is 1. The van der Waals surface area contributed by atoms with E-state index in [0.29, 0.717) is 16.3 Å². The van der Waals surface area contributed by atoms with Gasteiger partial charge in [-0.3, -0.25) is 4.79 Å². The zero-order chi connectivity index (χ0) is 10.6. The molecule has 0 bridgehead atoms. The van der Waals surface area contributed by atoms with Gasteiger partial charge >= 0.3 is 0 Å². The number of carbonyl (C=O) groups excluding carboxylic acids is 1. The Balaban J connectivity index is 2.82. The normalized spacial score (nSPS) is 9.79. The van der Waals surface area contributed by atoms with Crippen LogP contribution in [0.5, 0.6) is 0 Å². The number of nitrogens with zero attached hydrogens (tertiary/aromatic N) is 2. The molecule has 0 aliphatic rings. The first kappa shape index (κ1) is 11.6. The molecule has 1 heterocycles. The molecule has 0 amide bonds. The topological polar surface area (TPSA) is 53.8 Å². The van der Waals surface area contributed by atoms with Crippen LogP contribution in [0.15, 0.2) is 9.24 Å². The van der Waals surface area contributed by atoms with Gasteiger partial charge in [-0.15, -0.1) is 11.8 Å². The van der Waals surface area contributed by atoms with Gasteiger partial charge < -0.3 is 0 Å². The lowest BCUT2D eigenvalue weighted by Gasteiger charge is -1.93. The Labute approximate surface area is 95.1 Å². The van der Waals surface area contributed by atoms with Crippen LogP contribution in [0.3, 0.4) is 0 Å². The zero-order valence-electron chi connectivity index (χ0n) is 7.73. The molecule has 74 valence electrons. The van der Waals surface area contributed by atoms with Gasteiger partial charge in [0.15, 0.2) is 0 Å². The largest absolute Gasteiger partial charge is 0.299 e. The Kier molecular flexibility index (Phi) is 4.45. The summed E-state index contributed by atoms with van der Waals surface area (Å²) in [5.41, 5.74) is 0.605. The van der Waals surface area contributed by atoms with Crippen LogP contribution >= 0.6 is 35.1 Å². The molecule has 0 atom stereocenters. The lowest BCUT2D eigenvalue weighted by atomic mass is 10.4. The third-order valence-corrected chi connectivity index (χ3v) is 4.52. The summed E-state index contributed by atoms with van der Waals surface area (Å²) in [5.74, 6) is 0.476. The highest BCUT2D eigenvalue weighted by Crippen LogP contribution is 2.32. The van der Waals surface area contributed by atoms with Crippen LogP contribution < -0.4 is 0 Å². The van der Waals surface area contributed by atoms with Crippen molar-refractivity contribution >= 4 is 40.8 Å². The van der Waals surface area contributed by atoms with E-state index >= 15 is 0 Å². The molecular weight excluding hydrogens is 236 g/mol. The number of carbonyl (C=O) groups is 1. The maximum Gasteiger partial charge on any atom is 0.140 e. The summed E-state index contributed by atoms with van der Waals surface area (Å²) in [4.78, 5) is 10.8. The van der Waals surface area contributed by atoms with E-state index in [0.717, 1.165) is 4.21 Å². The third-order valence-electron chi connectivity index (χ3n) is 1.34. The van der Waals surface area contributed by atoms with E-state index in [4.69, 9.17) is 5.26 Å². The molecule has 0 saturated heterocycles. The third kappa shape index (κ3) is 2.74. The molecule has 0 unspecified atom stereocenters. The van der Waals surface area contributed by atoms with Gasteiger partial charge in [0.05, 0.1) is 9.96 Å². The van der Waals surface area contributed by atoms with Crippen molar-refractivity contribution in [2.75, 3.05) is 12.0 Å². The predicted octanol–water partition coefficient (Wildman–Crippen LogP) is 2.42. The van der Waals surface area contributed by atoms with E-state index in [9.17, 15) is 4.79 Å². The molecule has 0 fully saturated rings. The Morgan fingerprint density at radius 2 is 2.43 bits per heavy atom. The summed E-state index contributed by atoms with van der Waals surface area (Å²) in [6, 6.07) is 2.11. The summed E-state index contributed by atoms with van der Waals surface area (Å²) in [5, 5.41) is 9.57. The van der Waals surface area contributed by atoms with Gasteiger partial charge in [-0.05, 0) is 24.7 Å². The van der Waals surface area contributed by atoms with Crippen LogP contribution in [-0.4, -0.2) is 22.2 Å². The van der Waals surface area contributed by atoms with Crippen LogP contribution in [-0.2, 0) is 4.79 Å². The lowest BCUT2D eigenvalue weighted by molar-refractivity contribution is -0.114. The fraction of sp³-hybridized carbons (Fsp3) is 0.375. The summed E-state index contributed by atoms with van der Waals surface area (Å²) < 4.78 is 5.05. The van der Waals surface area contributed by atoms with Gasteiger partial charge in [0, 0.05) is 0 Å². The molecule has 0 radical (unpaired) electrons.